The van der Waals surface area contributed by atoms with Crippen LogP contribution in [0.3, 0.4) is 0 Å². The van der Waals surface area contributed by atoms with Gasteiger partial charge < -0.3 is 10.5 Å². The van der Waals surface area contributed by atoms with Crippen molar-refractivity contribution in [1.29, 1.82) is 0 Å². The second-order valence-electron chi connectivity index (χ2n) is 10.2. The van der Waals surface area contributed by atoms with Crippen LogP contribution in [0.5, 0.6) is 0 Å². The monoisotopic (exact) mass is 359 g/mol. The van der Waals surface area contributed by atoms with Gasteiger partial charge >= 0.3 is 6.09 Å². The Labute approximate surface area is 156 Å². The molecule has 2 spiro atoms. The van der Waals surface area contributed by atoms with Crippen molar-refractivity contribution < 1.29 is 14.3 Å². The summed E-state index contributed by atoms with van der Waals surface area (Å²) in [6, 6.07) is 0. The van der Waals surface area contributed by atoms with Gasteiger partial charge in [-0.25, -0.2) is 4.79 Å². The highest BCUT2D eigenvalue weighted by atomic mass is 16.6. The predicted molar refractivity (Wildman–Crippen MR) is 100 cm³/mol. The molecule has 0 heterocycles. The molecule has 0 saturated heterocycles. The summed E-state index contributed by atoms with van der Waals surface area (Å²) in [6.45, 7) is 12.7. The van der Waals surface area contributed by atoms with Gasteiger partial charge in [0.1, 0.15) is 11.9 Å². The van der Waals surface area contributed by atoms with Crippen LogP contribution < -0.4 is 5.73 Å². The highest BCUT2D eigenvalue weighted by molar-refractivity contribution is 5.89. The van der Waals surface area contributed by atoms with Gasteiger partial charge in [0.05, 0.1) is 0 Å². The number of hydrogen-bond acceptors (Lipinski definition) is 3. The first-order valence-corrected chi connectivity index (χ1v) is 10.2. The average molecular weight is 360 g/mol. The van der Waals surface area contributed by atoms with Gasteiger partial charge in [-0.3, -0.25) is 4.79 Å². The lowest BCUT2D eigenvalue weighted by molar-refractivity contribution is -0.324. The number of Topliss-reactive ketones (excluding diaryl/α,β-unsaturated/α-hetero) is 1. The zero-order valence-electron chi connectivity index (χ0n) is 16.6. The van der Waals surface area contributed by atoms with Gasteiger partial charge in [-0.2, -0.15) is 0 Å². The minimum absolute atomic E-state index is 0.0421. The molecule has 1 amide bonds. The molecule has 26 heavy (non-hydrogen) atoms. The Bertz CT molecular complexity index is 689. The van der Waals surface area contributed by atoms with Crippen LogP contribution in [0.2, 0.25) is 0 Å². The molecule has 2 N–H and O–H groups in total. The molecule has 8 atom stereocenters. The fraction of sp³-hybridized carbons (Fsp3) is 0.818. The number of ether oxygens (including phenoxy) is 1. The van der Waals surface area contributed by atoms with Gasteiger partial charge in [-0.15, -0.1) is 6.58 Å². The van der Waals surface area contributed by atoms with Crippen molar-refractivity contribution >= 4 is 11.9 Å². The second-order valence-corrected chi connectivity index (χ2v) is 10.2. The van der Waals surface area contributed by atoms with E-state index in [1.807, 2.05) is 6.92 Å². The van der Waals surface area contributed by atoms with Crippen molar-refractivity contribution in [3.63, 3.8) is 0 Å². The largest absolute Gasteiger partial charge is 0.446 e. The molecular formula is C22H33NO3. The minimum atomic E-state index is -0.728. The lowest BCUT2D eigenvalue weighted by Gasteiger charge is -2.80. The van der Waals surface area contributed by atoms with Crippen molar-refractivity contribution in [2.45, 2.75) is 72.3 Å². The van der Waals surface area contributed by atoms with Crippen molar-refractivity contribution in [3.8, 4) is 0 Å². The summed E-state index contributed by atoms with van der Waals surface area (Å²) in [5, 5.41) is 0. The lowest BCUT2D eigenvalue weighted by atomic mass is 9.24. The van der Waals surface area contributed by atoms with E-state index in [0.717, 1.165) is 19.3 Å². The van der Waals surface area contributed by atoms with Crippen LogP contribution in [0, 0.1) is 39.4 Å². The molecule has 0 aliphatic heterocycles. The zero-order valence-corrected chi connectivity index (χ0v) is 16.6. The maximum absolute atomic E-state index is 13.6. The molecule has 5 fully saturated rings. The van der Waals surface area contributed by atoms with Crippen LogP contribution in [-0.2, 0) is 9.53 Å². The molecule has 4 nitrogen and oxygen atoms in total. The molecule has 5 aliphatic carbocycles. The van der Waals surface area contributed by atoms with E-state index in [0.29, 0.717) is 18.3 Å². The second kappa shape index (κ2) is 5.14. The van der Waals surface area contributed by atoms with E-state index >= 15 is 0 Å². The summed E-state index contributed by atoms with van der Waals surface area (Å²) in [7, 11) is 0. The maximum atomic E-state index is 13.6. The molecule has 0 aromatic carbocycles. The standard InChI is InChI=1S/C22H33NO3/c1-6-19(4)12-16(26-18(23)25)20(5)13(2)7-8-21-9-10-22(21,11-15(20)21)14(3)17(19)24/h6,13-16H,1,7-12H2,2-5H3,(H2,23,25)/t13?,14-,15?,16+,19?,20+,21?,22?/m0/s1. The van der Waals surface area contributed by atoms with Crippen LogP contribution in [0.15, 0.2) is 12.7 Å². The predicted octanol–water partition coefficient (Wildman–Crippen LogP) is 4.47. The SMILES string of the molecule is C=CC1(C)C[C@@H](OC(N)=O)[C@]2(C)C(C)CCC34CCC3(CC42)[C@@H](C)C1=O. The Hall–Kier alpha value is -1.32. The molecule has 5 saturated carbocycles. The average Bonchev–Trinajstić information content (AvgIpc) is 2.61. The van der Waals surface area contributed by atoms with Crippen molar-refractivity contribution in [2.75, 3.05) is 0 Å². The Morgan fingerprint density at radius 1 is 1.19 bits per heavy atom. The summed E-state index contributed by atoms with van der Waals surface area (Å²) in [5.74, 6) is 1.27. The van der Waals surface area contributed by atoms with E-state index in [1.54, 1.807) is 6.08 Å². The third kappa shape index (κ3) is 1.77. The smallest absolute Gasteiger partial charge is 0.404 e. The molecule has 0 radical (unpaired) electrons. The van der Waals surface area contributed by atoms with Crippen LogP contribution in [-0.4, -0.2) is 18.0 Å². The van der Waals surface area contributed by atoms with Gasteiger partial charge in [0.25, 0.3) is 0 Å². The summed E-state index contributed by atoms with van der Waals surface area (Å²) in [6.07, 6.45) is 7.02. The zero-order chi connectivity index (χ0) is 19.1. The van der Waals surface area contributed by atoms with E-state index in [9.17, 15) is 9.59 Å². The van der Waals surface area contributed by atoms with Crippen LogP contribution >= 0.6 is 0 Å². The van der Waals surface area contributed by atoms with Crippen LogP contribution in [0.4, 0.5) is 4.79 Å². The molecular weight excluding hydrogens is 326 g/mol. The third-order valence-corrected chi connectivity index (χ3v) is 9.88. The normalized spacial score (nSPS) is 55.2. The number of rotatable bonds is 2. The molecule has 0 aromatic rings. The number of amides is 1. The summed E-state index contributed by atoms with van der Waals surface area (Å²) < 4.78 is 5.76. The van der Waals surface area contributed by atoms with E-state index in [1.165, 1.54) is 12.8 Å². The molecule has 144 valence electrons. The maximum Gasteiger partial charge on any atom is 0.404 e. The van der Waals surface area contributed by atoms with E-state index < -0.39 is 11.5 Å². The van der Waals surface area contributed by atoms with Gasteiger partial charge in [0, 0.05) is 23.2 Å². The number of primary amides is 1. The minimum Gasteiger partial charge on any atom is -0.446 e. The highest BCUT2D eigenvalue weighted by Gasteiger charge is 2.79. The molecule has 5 unspecified atom stereocenters. The number of carbonyl (C=O) groups excluding carboxylic acids is 2. The number of nitrogens with two attached hydrogens (primary N) is 1. The topological polar surface area (TPSA) is 69.4 Å². The number of carbonyl (C=O) groups is 2. The lowest BCUT2D eigenvalue weighted by Crippen LogP contribution is -2.75. The van der Waals surface area contributed by atoms with Gasteiger partial charge in [-0.1, -0.05) is 26.8 Å². The Kier molecular flexibility index (Phi) is 3.57. The number of hydrogen-bond donors (Lipinski definition) is 1. The first kappa shape index (κ1) is 18.1. The number of fused-ring (bicyclic) bond motifs is 4. The summed E-state index contributed by atoms with van der Waals surface area (Å²) >= 11 is 0. The fourth-order valence-corrected chi connectivity index (χ4v) is 7.82. The number of allylic oxidation sites excluding steroid dienone is 1. The Balaban J connectivity index is 1.89. The highest BCUT2D eigenvalue weighted by Crippen LogP contribution is 2.84. The van der Waals surface area contributed by atoms with E-state index in [2.05, 4.69) is 27.4 Å². The fourth-order valence-electron chi connectivity index (χ4n) is 7.82. The third-order valence-electron chi connectivity index (χ3n) is 9.88. The van der Waals surface area contributed by atoms with Gasteiger partial charge in [-0.05, 0) is 61.7 Å². The van der Waals surface area contributed by atoms with Gasteiger partial charge in [0.15, 0.2) is 0 Å². The first-order valence-electron chi connectivity index (χ1n) is 10.2. The van der Waals surface area contributed by atoms with Crippen LogP contribution in [0.1, 0.15) is 66.2 Å². The molecule has 5 aliphatic rings. The first-order chi connectivity index (χ1) is 12.1. The summed E-state index contributed by atoms with van der Waals surface area (Å²) in [5.41, 5.74) is 5.08. The molecule has 4 heteroatoms. The molecule has 5 rings (SSSR count). The van der Waals surface area contributed by atoms with Gasteiger partial charge in [0.2, 0.25) is 0 Å². The van der Waals surface area contributed by atoms with Crippen molar-refractivity contribution in [1.82, 2.24) is 0 Å². The Morgan fingerprint density at radius 2 is 1.85 bits per heavy atom. The van der Waals surface area contributed by atoms with Crippen molar-refractivity contribution in [2.24, 2.45) is 45.1 Å². The molecule has 4 bridgehead atoms. The van der Waals surface area contributed by atoms with Crippen molar-refractivity contribution in [3.05, 3.63) is 12.7 Å². The van der Waals surface area contributed by atoms with E-state index in [4.69, 9.17) is 10.5 Å². The molecule has 0 aromatic heterocycles. The summed E-state index contributed by atoms with van der Waals surface area (Å²) in [4.78, 5) is 25.4. The van der Waals surface area contributed by atoms with E-state index in [-0.39, 0.29) is 34.1 Å². The van der Waals surface area contributed by atoms with Crippen LogP contribution in [0.25, 0.3) is 0 Å². The number of ketones is 1. The Morgan fingerprint density at radius 3 is 2.38 bits per heavy atom. The quantitative estimate of drug-likeness (QED) is 0.739.